The Balaban J connectivity index is 2.60. The van der Waals surface area contributed by atoms with Crippen molar-refractivity contribution in [3.63, 3.8) is 0 Å². The standard InChI is InChI=1S/C16H30N2O3/c1-6-7-10-21-11-8-9-18-13(12(2)3)14(19)17-16(4,5)15(18)20/h12-13H,6-11H2,1-5H3,(H,17,19). The molecule has 1 heterocycles. The summed E-state index contributed by atoms with van der Waals surface area (Å²) >= 11 is 0. The lowest BCUT2D eigenvalue weighted by Gasteiger charge is -2.44. The molecular weight excluding hydrogens is 268 g/mol. The molecule has 0 bridgehead atoms. The van der Waals surface area contributed by atoms with E-state index in [1.54, 1.807) is 18.7 Å². The van der Waals surface area contributed by atoms with Crippen LogP contribution in [-0.4, -0.2) is 48.1 Å². The maximum atomic E-state index is 12.5. The summed E-state index contributed by atoms with van der Waals surface area (Å²) in [6, 6.07) is -0.374. The largest absolute Gasteiger partial charge is 0.381 e. The van der Waals surface area contributed by atoms with Gasteiger partial charge in [0.05, 0.1) is 0 Å². The first-order chi connectivity index (χ1) is 9.81. The lowest BCUT2D eigenvalue weighted by Crippen LogP contribution is -2.69. The van der Waals surface area contributed by atoms with Gasteiger partial charge in [-0.2, -0.15) is 0 Å². The van der Waals surface area contributed by atoms with Gasteiger partial charge in [0.15, 0.2) is 0 Å². The van der Waals surface area contributed by atoms with Gasteiger partial charge in [-0.1, -0.05) is 27.2 Å². The number of nitrogens with zero attached hydrogens (tertiary/aromatic N) is 1. The highest BCUT2D eigenvalue weighted by atomic mass is 16.5. The molecule has 1 rings (SSSR count). The number of unbranched alkanes of at least 4 members (excludes halogenated alkanes) is 1. The SMILES string of the molecule is CCCCOCCCN1C(=O)C(C)(C)NC(=O)C1C(C)C. The molecule has 0 aromatic heterocycles. The third-order valence-electron chi connectivity index (χ3n) is 3.80. The number of ether oxygens (including phenoxy) is 1. The molecule has 1 atom stereocenters. The quantitative estimate of drug-likeness (QED) is 0.697. The first kappa shape index (κ1) is 18.0. The van der Waals surface area contributed by atoms with Crippen LogP contribution in [0.15, 0.2) is 0 Å². The maximum Gasteiger partial charge on any atom is 0.248 e. The van der Waals surface area contributed by atoms with Crippen molar-refractivity contribution in [3.05, 3.63) is 0 Å². The zero-order valence-corrected chi connectivity index (χ0v) is 14.1. The summed E-state index contributed by atoms with van der Waals surface area (Å²) < 4.78 is 5.54. The molecule has 1 saturated heterocycles. The van der Waals surface area contributed by atoms with Gasteiger partial charge in [0.25, 0.3) is 0 Å². The smallest absolute Gasteiger partial charge is 0.248 e. The van der Waals surface area contributed by atoms with E-state index < -0.39 is 5.54 Å². The van der Waals surface area contributed by atoms with E-state index in [1.807, 2.05) is 13.8 Å². The summed E-state index contributed by atoms with van der Waals surface area (Å²) in [4.78, 5) is 26.5. The second kappa shape index (κ2) is 7.78. The topological polar surface area (TPSA) is 58.6 Å². The molecule has 21 heavy (non-hydrogen) atoms. The number of piperazine rings is 1. The summed E-state index contributed by atoms with van der Waals surface area (Å²) in [5.41, 5.74) is -0.814. The van der Waals surface area contributed by atoms with E-state index in [-0.39, 0.29) is 23.8 Å². The maximum absolute atomic E-state index is 12.5. The third kappa shape index (κ3) is 4.70. The van der Waals surface area contributed by atoms with Crippen LogP contribution in [0.25, 0.3) is 0 Å². The van der Waals surface area contributed by atoms with E-state index in [0.717, 1.165) is 25.9 Å². The molecule has 1 unspecified atom stereocenters. The summed E-state index contributed by atoms with van der Waals surface area (Å²) in [6.07, 6.45) is 2.95. The molecule has 0 aromatic rings. The van der Waals surface area contributed by atoms with Crippen LogP contribution in [0.5, 0.6) is 0 Å². The fourth-order valence-corrected chi connectivity index (χ4v) is 2.65. The molecular formula is C16H30N2O3. The van der Waals surface area contributed by atoms with E-state index in [9.17, 15) is 9.59 Å². The van der Waals surface area contributed by atoms with Gasteiger partial charge in [-0.15, -0.1) is 0 Å². The van der Waals surface area contributed by atoms with Crippen molar-refractivity contribution in [2.24, 2.45) is 5.92 Å². The Morgan fingerprint density at radius 1 is 1.24 bits per heavy atom. The van der Waals surface area contributed by atoms with Crippen molar-refractivity contribution in [1.82, 2.24) is 10.2 Å². The van der Waals surface area contributed by atoms with Gasteiger partial charge in [0.1, 0.15) is 11.6 Å². The summed E-state index contributed by atoms with van der Waals surface area (Å²) in [6.45, 7) is 11.6. The molecule has 0 saturated carbocycles. The Morgan fingerprint density at radius 2 is 1.86 bits per heavy atom. The van der Waals surface area contributed by atoms with Crippen LogP contribution in [0.2, 0.25) is 0 Å². The Morgan fingerprint density at radius 3 is 2.43 bits per heavy atom. The molecule has 1 aliphatic rings. The highest BCUT2D eigenvalue weighted by molar-refractivity contribution is 5.99. The predicted octanol–water partition coefficient (Wildman–Crippen LogP) is 1.95. The van der Waals surface area contributed by atoms with Crippen molar-refractivity contribution in [2.75, 3.05) is 19.8 Å². The molecule has 0 radical (unpaired) electrons. The van der Waals surface area contributed by atoms with Gasteiger partial charge in [0.2, 0.25) is 11.8 Å². The molecule has 1 fully saturated rings. The summed E-state index contributed by atoms with van der Waals surface area (Å²) in [5, 5.41) is 2.82. The lowest BCUT2D eigenvalue weighted by atomic mass is 9.91. The molecule has 1 N–H and O–H groups in total. The fourth-order valence-electron chi connectivity index (χ4n) is 2.65. The number of hydrogen-bond donors (Lipinski definition) is 1. The molecule has 5 nitrogen and oxygen atoms in total. The second-order valence-corrected chi connectivity index (χ2v) is 6.62. The molecule has 0 spiro atoms. The van der Waals surface area contributed by atoms with Crippen LogP contribution >= 0.6 is 0 Å². The number of carbonyl (C=O) groups excluding carboxylic acids is 2. The molecule has 0 aromatic carbocycles. The molecule has 122 valence electrons. The van der Waals surface area contributed by atoms with E-state index in [0.29, 0.717) is 13.2 Å². The van der Waals surface area contributed by atoms with Crippen LogP contribution in [0.1, 0.15) is 53.9 Å². The normalized spacial score (nSPS) is 21.8. The van der Waals surface area contributed by atoms with Gasteiger partial charge < -0.3 is 15.0 Å². The first-order valence-corrected chi connectivity index (χ1v) is 8.02. The lowest BCUT2D eigenvalue weighted by molar-refractivity contribution is -0.155. The minimum atomic E-state index is -0.814. The Labute approximate surface area is 128 Å². The summed E-state index contributed by atoms with van der Waals surface area (Å²) in [5.74, 6) is 0.0434. The summed E-state index contributed by atoms with van der Waals surface area (Å²) in [7, 11) is 0. The first-order valence-electron chi connectivity index (χ1n) is 8.02. The van der Waals surface area contributed by atoms with E-state index in [1.165, 1.54) is 0 Å². The van der Waals surface area contributed by atoms with Crippen molar-refractivity contribution in [1.29, 1.82) is 0 Å². The highest BCUT2D eigenvalue weighted by Crippen LogP contribution is 2.22. The average Bonchev–Trinajstić information content (AvgIpc) is 2.38. The zero-order chi connectivity index (χ0) is 16.0. The van der Waals surface area contributed by atoms with Crippen LogP contribution in [0.4, 0.5) is 0 Å². The Kier molecular flexibility index (Phi) is 6.65. The van der Waals surface area contributed by atoms with Crippen molar-refractivity contribution < 1.29 is 14.3 Å². The van der Waals surface area contributed by atoms with E-state index >= 15 is 0 Å². The van der Waals surface area contributed by atoms with Gasteiger partial charge in [0, 0.05) is 19.8 Å². The molecule has 0 aliphatic carbocycles. The van der Waals surface area contributed by atoms with Gasteiger partial charge in [-0.05, 0) is 32.6 Å². The Hall–Kier alpha value is -1.10. The number of carbonyl (C=O) groups is 2. The van der Waals surface area contributed by atoms with Gasteiger partial charge in [-0.3, -0.25) is 9.59 Å². The average molecular weight is 298 g/mol. The van der Waals surface area contributed by atoms with Crippen LogP contribution < -0.4 is 5.32 Å². The minimum absolute atomic E-state index is 0.00522. The van der Waals surface area contributed by atoms with Crippen molar-refractivity contribution >= 4 is 11.8 Å². The minimum Gasteiger partial charge on any atom is -0.381 e. The van der Waals surface area contributed by atoms with Crippen molar-refractivity contribution in [3.8, 4) is 0 Å². The fraction of sp³-hybridized carbons (Fsp3) is 0.875. The zero-order valence-electron chi connectivity index (χ0n) is 14.1. The second-order valence-electron chi connectivity index (χ2n) is 6.62. The van der Waals surface area contributed by atoms with Gasteiger partial charge in [-0.25, -0.2) is 0 Å². The number of rotatable bonds is 8. The molecule has 1 aliphatic heterocycles. The highest BCUT2D eigenvalue weighted by Gasteiger charge is 2.45. The van der Waals surface area contributed by atoms with E-state index in [2.05, 4.69) is 12.2 Å². The van der Waals surface area contributed by atoms with Gasteiger partial charge >= 0.3 is 0 Å². The van der Waals surface area contributed by atoms with E-state index in [4.69, 9.17) is 4.74 Å². The van der Waals surface area contributed by atoms with Crippen LogP contribution in [0, 0.1) is 5.92 Å². The van der Waals surface area contributed by atoms with Crippen LogP contribution in [0.3, 0.4) is 0 Å². The monoisotopic (exact) mass is 298 g/mol. The van der Waals surface area contributed by atoms with Crippen molar-refractivity contribution in [2.45, 2.75) is 65.5 Å². The predicted molar refractivity (Wildman–Crippen MR) is 82.9 cm³/mol. The molecule has 5 heteroatoms. The Bertz CT molecular complexity index is 367. The third-order valence-corrected chi connectivity index (χ3v) is 3.80. The number of nitrogens with one attached hydrogen (secondary N) is 1. The number of hydrogen-bond acceptors (Lipinski definition) is 3. The number of amides is 2. The molecule has 2 amide bonds. The van der Waals surface area contributed by atoms with Crippen LogP contribution in [-0.2, 0) is 14.3 Å².